The Morgan fingerprint density at radius 2 is 1.90 bits per heavy atom. The number of carboxylic acids is 1. The number of carbonyl (C=O) groups is 2. The molecule has 0 saturated carbocycles. The quantitative estimate of drug-likeness (QED) is 0.881. The SMILES string of the molecule is CC(=O)N1CC2=C(C1)C(c1ccc(C(=O)O)cc1)=NC2. The Kier molecular flexibility index (Phi) is 2.89. The number of carboxylic acid groups (broad SMARTS) is 1. The van der Waals surface area contributed by atoms with E-state index in [4.69, 9.17) is 5.11 Å². The van der Waals surface area contributed by atoms with Crippen LogP contribution in [0.15, 0.2) is 40.4 Å². The van der Waals surface area contributed by atoms with Crippen LogP contribution in [0, 0.1) is 0 Å². The van der Waals surface area contributed by atoms with E-state index in [-0.39, 0.29) is 11.5 Å². The smallest absolute Gasteiger partial charge is 0.335 e. The van der Waals surface area contributed by atoms with Crippen LogP contribution in [0.4, 0.5) is 0 Å². The number of amides is 1. The summed E-state index contributed by atoms with van der Waals surface area (Å²) in [5.41, 5.74) is 4.37. The van der Waals surface area contributed by atoms with E-state index < -0.39 is 5.97 Å². The Labute approximate surface area is 116 Å². The van der Waals surface area contributed by atoms with Gasteiger partial charge in [0, 0.05) is 31.1 Å². The molecule has 1 aromatic rings. The van der Waals surface area contributed by atoms with E-state index >= 15 is 0 Å². The molecule has 0 aromatic heterocycles. The zero-order valence-corrected chi connectivity index (χ0v) is 11.1. The minimum Gasteiger partial charge on any atom is -0.478 e. The standard InChI is InChI=1S/C15H14N2O3/c1-9(18)17-7-12-6-16-14(13(12)8-17)10-2-4-11(5-3-10)15(19)20/h2-5H,6-8H2,1H3,(H,19,20). The van der Waals surface area contributed by atoms with Gasteiger partial charge in [-0.3, -0.25) is 9.79 Å². The lowest BCUT2D eigenvalue weighted by atomic mass is 10.0. The summed E-state index contributed by atoms with van der Waals surface area (Å²) in [6, 6.07) is 6.70. The van der Waals surface area contributed by atoms with Crippen LogP contribution in [0.1, 0.15) is 22.8 Å². The molecule has 1 amide bonds. The van der Waals surface area contributed by atoms with Crippen molar-refractivity contribution in [3.8, 4) is 0 Å². The largest absolute Gasteiger partial charge is 0.478 e. The lowest BCUT2D eigenvalue weighted by Crippen LogP contribution is -2.28. The third-order valence-electron chi connectivity index (χ3n) is 3.72. The number of nitrogens with zero attached hydrogens (tertiary/aromatic N) is 2. The second kappa shape index (κ2) is 4.59. The number of benzene rings is 1. The van der Waals surface area contributed by atoms with Gasteiger partial charge in [-0.25, -0.2) is 4.79 Å². The van der Waals surface area contributed by atoms with Crippen molar-refractivity contribution in [1.29, 1.82) is 0 Å². The summed E-state index contributed by atoms with van der Waals surface area (Å²) in [4.78, 5) is 28.6. The van der Waals surface area contributed by atoms with E-state index in [9.17, 15) is 9.59 Å². The molecule has 1 N–H and O–H groups in total. The third kappa shape index (κ3) is 2.01. The van der Waals surface area contributed by atoms with Gasteiger partial charge in [-0.2, -0.15) is 0 Å². The number of hydrogen-bond donors (Lipinski definition) is 1. The lowest BCUT2D eigenvalue weighted by Gasteiger charge is -2.15. The number of carbonyl (C=O) groups excluding carboxylic acids is 1. The van der Waals surface area contributed by atoms with Crippen LogP contribution in [0.3, 0.4) is 0 Å². The molecule has 2 heterocycles. The first-order chi connectivity index (χ1) is 9.56. The fraction of sp³-hybridized carbons (Fsp3) is 0.267. The molecule has 0 radical (unpaired) electrons. The molecule has 0 spiro atoms. The molecule has 0 atom stereocenters. The van der Waals surface area contributed by atoms with E-state index in [0.29, 0.717) is 19.6 Å². The second-order valence-electron chi connectivity index (χ2n) is 5.00. The molecule has 5 heteroatoms. The molecule has 0 unspecified atom stereocenters. The van der Waals surface area contributed by atoms with E-state index in [1.165, 1.54) is 5.57 Å². The molecule has 1 aromatic carbocycles. The fourth-order valence-corrected chi connectivity index (χ4v) is 2.60. The maximum absolute atomic E-state index is 11.4. The topological polar surface area (TPSA) is 70.0 Å². The van der Waals surface area contributed by atoms with Gasteiger partial charge in [0.2, 0.25) is 5.91 Å². The Morgan fingerprint density at radius 1 is 1.20 bits per heavy atom. The predicted molar refractivity (Wildman–Crippen MR) is 74.1 cm³/mol. The van der Waals surface area contributed by atoms with Crippen molar-refractivity contribution < 1.29 is 14.7 Å². The average Bonchev–Trinajstić information content (AvgIpc) is 2.98. The minimum atomic E-state index is -0.937. The molecule has 102 valence electrons. The highest BCUT2D eigenvalue weighted by Crippen LogP contribution is 2.27. The first kappa shape index (κ1) is 12.6. The molecule has 20 heavy (non-hydrogen) atoms. The van der Waals surface area contributed by atoms with Crippen molar-refractivity contribution in [3.63, 3.8) is 0 Å². The van der Waals surface area contributed by atoms with Gasteiger partial charge in [-0.15, -0.1) is 0 Å². The molecule has 0 saturated heterocycles. The molecular formula is C15H14N2O3. The molecule has 2 aliphatic rings. The van der Waals surface area contributed by atoms with Crippen molar-refractivity contribution >= 4 is 17.6 Å². The summed E-state index contributed by atoms with van der Waals surface area (Å²) in [6.07, 6.45) is 0. The highest BCUT2D eigenvalue weighted by atomic mass is 16.4. The van der Waals surface area contributed by atoms with E-state index in [0.717, 1.165) is 16.8 Å². The van der Waals surface area contributed by atoms with Crippen molar-refractivity contribution in [2.24, 2.45) is 4.99 Å². The summed E-state index contributed by atoms with van der Waals surface area (Å²) in [6.45, 7) is 3.46. The van der Waals surface area contributed by atoms with Crippen LogP contribution < -0.4 is 0 Å². The zero-order valence-electron chi connectivity index (χ0n) is 11.1. The van der Waals surface area contributed by atoms with Crippen molar-refractivity contribution in [2.45, 2.75) is 6.92 Å². The van der Waals surface area contributed by atoms with Crippen LogP contribution >= 0.6 is 0 Å². The van der Waals surface area contributed by atoms with Gasteiger partial charge in [-0.1, -0.05) is 12.1 Å². The van der Waals surface area contributed by atoms with Gasteiger partial charge in [0.05, 0.1) is 17.8 Å². The van der Waals surface area contributed by atoms with Crippen molar-refractivity contribution in [2.75, 3.05) is 19.6 Å². The Hall–Kier alpha value is -2.43. The molecule has 2 aliphatic heterocycles. The normalized spacial score (nSPS) is 17.2. The van der Waals surface area contributed by atoms with E-state index in [1.807, 2.05) is 0 Å². The van der Waals surface area contributed by atoms with Gasteiger partial charge in [-0.05, 0) is 17.7 Å². The number of aromatic carboxylic acids is 1. The zero-order chi connectivity index (χ0) is 14.3. The summed E-state index contributed by atoms with van der Waals surface area (Å²) >= 11 is 0. The summed E-state index contributed by atoms with van der Waals surface area (Å²) in [5, 5.41) is 8.90. The first-order valence-corrected chi connectivity index (χ1v) is 6.41. The van der Waals surface area contributed by atoms with E-state index in [2.05, 4.69) is 4.99 Å². The Morgan fingerprint density at radius 3 is 2.50 bits per heavy atom. The van der Waals surface area contributed by atoms with Crippen molar-refractivity contribution in [1.82, 2.24) is 4.90 Å². The monoisotopic (exact) mass is 270 g/mol. The van der Waals surface area contributed by atoms with Crippen LogP contribution in [0.25, 0.3) is 0 Å². The van der Waals surface area contributed by atoms with Crippen LogP contribution in [0.5, 0.6) is 0 Å². The first-order valence-electron chi connectivity index (χ1n) is 6.41. The summed E-state index contributed by atoms with van der Waals surface area (Å²) < 4.78 is 0. The number of aliphatic imine (C=N–C) groups is 1. The Bertz CT molecular complexity index is 656. The molecule has 5 nitrogen and oxygen atoms in total. The van der Waals surface area contributed by atoms with Crippen LogP contribution in [0.2, 0.25) is 0 Å². The maximum Gasteiger partial charge on any atom is 0.335 e. The number of hydrogen-bond acceptors (Lipinski definition) is 3. The minimum absolute atomic E-state index is 0.0694. The molecule has 0 aliphatic carbocycles. The van der Waals surface area contributed by atoms with Gasteiger partial charge in [0.1, 0.15) is 0 Å². The maximum atomic E-state index is 11.4. The lowest BCUT2D eigenvalue weighted by molar-refractivity contribution is -0.127. The molecule has 3 rings (SSSR count). The van der Waals surface area contributed by atoms with Gasteiger partial charge in [0.15, 0.2) is 0 Å². The van der Waals surface area contributed by atoms with E-state index in [1.54, 1.807) is 36.1 Å². The fourth-order valence-electron chi connectivity index (χ4n) is 2.60. The van der Waals surface area contributed by atoms with Gasteiger partial charge >= 0.3 is 5.97 Å². The van der Waals surface area contributed by atoms with Gasteiger partial charge in [0.25, 0.3) is 0 Å². The number of rotatable bonds is 2. The highest BCUT2D eigenvalue weighted by molar-refractivity contribution is 6.15. The van der Waals surface area contributed by atoms with Crippen LogP contribution in [-0.4, -0.2) is 47.2 Å². The summed E-state index contributed by atoms with van der Waals surface area (Å²) in [7, 11) is 0. The van der Waals surface area contributed by atoms with Crippen molar-refractivity contribution in [3.05, 3.63) is 46.5 Å². The van der Waals surface area contributed by atoms with Gasteiger partial charge < -0.3 is 10.0 Å². The highest BCUT2D eigenvalue weighted by Gasteiger charge is 2.30. The third-order valence-corrected chi connectivity index (χ3v) is 3.72. The van der Waals surface area contributed by atoms with Crippen LogP contribution in [-0.2, 0) is 4.79 Å². The molecule has 0 fully saturated rings. The second-order valence-corrected chi connectivity index (χ2v) is 5.00. The summed E-state index contributed by atoms with van der Waals surface area (Å²) in [5.74, 6) is -0.867. The predicted octanol–water partition coefficient (Wildman–Crippen LogP) is 1.35. The molecule has 0 bridgehead atoms. The Balaban J connectivity index is 1.85. The average molecular weight is 270 g/mol. The molecular weight excluding hydrogens is 256 g/mol.